The SMILES string of the molecule is [N-]=[N+]=NC1CCCCC1. The molecule has 1 saturated carbocycles. The van der Waals surface area contributed by atoms with Gasteiger partial charge in [0.2, 0.25) is 0 Å². The van der Waals surface area contributed by atoms with Crippen LogP contribution in [-0.4, -0.2) is 6.04 Å². The average Bonchev–Trinajstić information content (AvgIpc) is 1.91. The summed E-state index contributed by atoms with van der Waals surface area (Å²) in [6.07, 6.45) is 6.00. The minimum absolute atomic E-state index is 0.309. The van der Waals surface area contributed by atoms with Gasteiger partial charge in [0.1, 0.15) is 0 Å². The summed E-state index contributed by atoms with van der Waals surface area (Å²) < 4.78 is 0. The number of hydrogen-bond donors (Lipinski definition) is 0. The smallest absolute Gasteiger partial charge is 0.0374 e. The maximum Gasteiger partial charge on any atom is 0.0374 e. The Morgan fingerprint density at radius 2 is 1.89 bits per heavy atom. The van der Waals surface area contributed by atoms with Gasteiger partial charge in [0.05, 0.1) is 0 Å². The van der Waals surface area contributed by atoms with Crippen molar-refractivity contribution in [1.82, 2.24) is 0 Å². The van der Waals surface area contributed by atoms with Crippen molar-refractivity contribution < 1.29 is 0 Å². The molecule has 0 aromatic heterocycles. The van der Waals surface area contributed by atoms with Gasteiger partial charge in [-0.1, -0.05) is 24.4 Å². The summed E-state index contributed by atoms with van der Waals surface area (Å²) in [4.78, 5) is 2.78. The third kappa shape index (κ3) is 1.94. The highest BCUT2D eigenvalue weighted by Gasteiger charge is 2.09. The van der Waals surface area contributed by atoms with Gasteiger partial charge in [0.25, 0.3) is 0 Å². The molecule has 0 heterocycles. The Balaban J connectivity index is 2.31. The minimum Gasteiger partial charge on any atom is -0.0906 e. The molecule has 9 heavy (non-hydrogen) atoms. The van der Waals surface area contributed by atoms with E-state index in [2.05, 4.69) is 10.0 Å². The molecule has 0 unspecified atom stereocenters. The van der Waals surface area contributed by atoms with Crippen LogP contribution in [0.4, 0.5) is 0 Å². The Morgan fingerprint density at radius 1 is 1.22 bits per heavy atom. The topological polar surface area (TPSA) is 48.8 Å². The molecule has 0 aromatic carbocycles. The third-order valence-electron chi connectivity index (χ3n) is 1.79. The lowest BCUT2D eigenvalue weighted by atomic mass is 9.96. The van der Waals surface area contributed by atoms with Gasteiger partial charge in [0.15, 0.2) is 0 Å². The van der Waals surface area contributed by atoms with Gasteiger partial charge in [-0.05, 0) is 18.4 Å². The second kappa shape index (κ2) is 3.36. The molecule has 0 atom stereocenters. The number of azide groups is 1. The predicted octanol–water partition coefficient (Wildman–Crippen LogP) is 2.63. The first-order chi connectivity index (χ1) is 4.43. The fourth-order valence-electron chi connectivity index (χ4n) is 1.27. The molecule has 1 fully saturated rings. The predicted molar refractivity (Wildman–Crippen MR) is 36.0 cm³/mol. The molecule has 0 spiro atoms. The number of nitrogens with zero attached hydrogens (tertiary/aromatic N) is 3. The van der Waals surface area contributed by atoms with E-state index in [0.29, 0.717) is 6.04 Å². The van der Waals surface area contributed by atoms with E-state index in [1.165, 1.54) is 19.3 Å². The van der Waals surface area contributed by atoms with E-state index in [1.54, 1.807) is 0 Å². The van der Waals surface area contributed by atoms with Gasteiger partial charge in [0, 0.05) is 11.0 Å². The van der Waals surface area contributed by atoms with Crippen LogP contribution in [-0.2, 0) is 0 Å². The molecule has 1 rings (SSSR count). The van der Waals surface area contributed by atoms with Gasteiger partial charge in [-0.25, -0.2) is 0 Å². The van der Waals surface area contributed by atoms with Crippen molar-refractivity contribution in [2.75, 3.05) is 0 Å². The molecule has 1 aliphatic carbocycles. The maximum absolute atomic E-state index is 8.08. The zero-order valence-electron chi connectivity index (χ0n) is 5.45. The van der Waals surface area contributed by atoms with Crippen molar-refractivity contribution in [3.63, 3.8) is 0 Å². The largest absolute Gasteiger partial charge is 0.0906 e. The summed E-state index contributed by atoms with van der Waals surface area (Å²) in [5, 5.41) is 3.66. The summed E-state index contributed by atoms with van der Waals surface area (Å²) in [7, 11) is 0. The summed E-state index contributed by atoms with van der Waals surface area (Å²) >= 11 is 0. The summed E-state index contributed by atoms with van der Waals surface area (Å²) in [5.74, 6) is 0. The highest BCUT2D eigenvalue weighted by atomic mass is 15.1. The minimum atomic E-state index is 0.309. The van der Waals surface area contributed by atoms with E-state index in [-0.39, 0.29) is 0 Å². The lowest BCUT2D eigenvalue weighted by Gasteiger charge is -2.15. The Bertz CT molecular complexity index is 120. The first-order valence-corrected chi connectivity index (χ1v) is 3.47. The van der Waals surface area contributed by atoms with Crippen molar-refractivity contribution in [3.05, 3.63) is 10.4 Å². The van der Waals surface area contributed by atoms with E-state index in [1.807, 2.05) is 0 Å². The van der Waals surface area contributed by atoms with Gasteiger partial charge < -0.3 is 0 Å². The molecule has 0 aliphatic heterocycles. The maximum atomic E-state index is 8.08. The highest BCUT2D eigenvalue weighted by molar-refractivity contribution is 4.71. The van der Waals surface area contributed by atoms with Crippen molar-refractivity contribution >= 4 is 0 Å². The molecular weight excluding hydrogens is 114 g/mol. The molecule has 50 valence electrons. The van der Waals surface area contributed by atoms with Crippen LogP contribution in [0.2, 0.25) is 0 Å². The van der Waals surface area contributed by atoms with E-state index in [0.717, 1.165) is 12.8 Å². The lowest BCUT2D eigenvalue weighted by molar-refractivity contribution is 0.440. The normalized spacial score (nSPS) is 20.9. The van der Waals surface area contributed by atoms with Crippen LogP contribution in [0.5, 0.6) is 0 Å². The van der Waals surface area contributed by atoms with Crippen LogP contribution < -0.4 is 0 Å². The molecule has 0 radical (unpaired) electrons. The summed E-state index contributed by atoms with van der Waals surface area (Å²) in [5.41, 5.74) is 8.08. The van der Waals surface area contributed by atoms with Crippen LogP contribution in [0, 0.1) is 0 Å². The van der Waals surface area contributed by atoms with Crippen molar-refractivity contribution in [2.45, 2.75) is 38.1 Å². The molecule has 3 heteroatoms. The average molecular weight is 125 g/mol. The van der Waals surface area contributed by atoms with E-state index in [4.69, 9.17) is 5.53 Å². The Labute approximate surface area is 54.7 Å². The molecule has 3 nitrogen and oxygen atoms in total. The monoisotopic (exact) mass is 125 g/mol. The quantitative estimate of drug-likeness (QED) is 0.294. The second-order valence-electron chi connectivity index (χ2n) is 2.50. The van der Waals surface area contributed by atoms with E-state index in [9.17, 15) is 0 Å². The van der Waals surface area contributed by atoms with Crippen LogP contribution in [0.1, 0.15) is 32.1 Å². The first kappa shape index (κ1) is 6.43. The first-order valence-electron chi connectivity index (χ1n) is 3.47. The molecule has 0 bridgehead atoms. The highest BCUT2D eigenvalue weighted by Crippen LogP contribution is 2.19. The molecule has 0 aromatic rings. The van der Waals surface area contributed by atoms with Crippen molar-refractivity contribution in [2.24, 2.45) is 5.11 Å². The fourth-order valence-corrected chi connectivity index (χ4v) is 1.27. The number of rotatable bonds is 1. The molecule has 0 N–H and O–H groups in total. The van der Waals surface area contributed by atoms with Crippen LogP contribution in [0.25, 0.3) is 10.4 Å². The van der Waals surface area contributed by atoms with Crippen molar-refractivity contribution in [3.8, 4) is 0 Å². The summed E-state index contributed by atoms with van der Waals surface area (Å²) in [6, 6.07) is 0.309. The number of hydrogen-bond acceptors (Lipinski definition) is 1. The van der Waals surface area contributed by atoms with Crippen LogP contribution in [0.15, 0.2) is 5.11 Å². The third-order valence-corrected chi connectivity index (χ3v) is 1.79. The Kier molecular flexibility index (Phi) is 2.40. The van der Waals surface area contributed by atoms with Gasteiger partial charge in [-0.3, -0.25) is 0 Å². The molecule has 1 aliphatic rings. The van der Waals surface area contributed by atoms with Crippen LogP contribution >= 0.6 is 0 Å². The second-order valence-corrected chi connectivity index (χ2v) is 2.50. The van der Waals surface area contributed by atoms with Gasteiger partial charge in [-0.2, -0.15) is 0 Å². The van der Waals surface area contributed by atoms with Crippen LogP contribution in [0.3, 0.4) is 0 Å². The van der Waals surface area contributed by atoms with Gasteiger partial charge in [-0.15, -0.1) is 0 Å². The zero-order chi connectivity index (χ0) is 6.53. The Hall–Kier alpha value is -0.690. The van der Waals surface area contributed by atoms with Gasteiger partial charge >= 0.3 is 0 Å². The Morgan fingerprint density at radius 3 is 2.44 bits per heavy atom. The fraction of sp³-hybridized carbons (Fsp3) is 1.00. The summed E-state index contributed by atoms with van der Waals surface area (Å²) in [6.45, 7) is 0. The zero-order valence-corrected chi connectivity index (χ0v) is 5.45. The molecule has 0 saturated heterocycles. The van der Waals surface area contributed by atoms with E-state index < -0.39 is 0 Å². The lowest BCUT2D eigenvalue weighted by Crippen LogP contribution is -2.07. The standard InChI is InChI=1S/C6H11N3/c7-9-8-6-4-2-1-3-5-6/h6H,1-5H2. The van der Waals surface area contributed by atoms with E-state index >= 15 is 0 Å². The molecular formula is C6H11N3. The molecule has 0 amide bonds. The van der Waals surface area contributed by atoms with Crippen molar-refractivity contribution in [1.29, 1.82) is 0 Å².